The molecule has 0 heterocycles. The van der Waals surface area contributed by atoms with Gasteiger partial charge in [-0.1, -0.05) is 44.4 Å². The average molecular weight is 224 g/mol. The van der Waals surface area contributed by atoms with Crippen LogP contribution in [0.3, 0.4) is 0 Å². The lowest BCUT2D eigenvalue weighted by atomic mass is 10.2. The molecule has 1 aromatic rings. The SMILES string of the molecule is CCCCCCSc1ccccc1CO. The third-order valence-corrected chi connectivity index (χ3v) is 3.60. The highest BCUT2D eigenvalue weighted by Crippen LogP contribution is 2.23. The third kappa shape index (κ3) is 4.72. The molecule has 0 bridgehead atoms. The van der Waals surface area contributed by atoms with Gasteiger partial charge in [-0.25, -0.2) is 0 Å². The van der Waals surface area contributed by atoms with Crippen molar-refractivity contribution in [1.29, 1.82) is 0 Å². The number of unbranched alkanes of at least 4 members (excludes halogenated alkanes) is 3. The van der Waals surface area contributed by atoms with E-state index in [4.69, 9.17) is 5.11 Å². The summed E-state index contributed by atoms with van der Waals surface area (Å²) in [4.78, 5) is 1.23. The Labute approximate surface area is 96.9 Å². The fourth-order valence-corrected chi connectivity index (χ4v) is 2.55. The first-order chi connectivity index (χ1) is 7.38. The highest BCUT2D eigenvalue weighted by molar-refractivity contribution is 7.99. The van der Waals surface area contributed by atoms with Crippen LogP contribution in [0.5, 0.6) is 0 Å². The van der Waals surface area contributed by atoms with Gasteiger partial charge in [-0.15, -0.1) is 11.8 Å². The van der Waals surface area contributed by atoms with Crippen molar-refractivity contribution in [2.24, 2.45) is 0 Å². The van der Waals surface area contributed by atoms with Crippen molar-refractivity contribution in [1.82, 2.24) is 0 Å². The number of benzene rings is 1. The molecule has 15 heavy (non-hydrogen) atoms. The fourth-order valence-electron chi connectivity index (χ4n) is 1.49. The Balaban J connectivity index is 2.30. The molecule has 2 heteroatoms. The summed E-state index contributed by atoms with van der Waals surface area (Å²) in [6.45, 7) is 2.38. The van der Waals surface area contributed by atoms with Crippen LogP contribution in [0.2, 0.25) is 0 Å². The van der Waals surface area contributed by atoms with Gasteiger partial charge >= 0.3 is 0 Å². The van der Waals surface area contributed by atoms with Gasteiger partial charge in [0, 0.05) is 4.90 Å². The van der Waals surface area contributed by atoms with Crippen LogP contribution in [0.4, 0.5) is 0 Å². The molecular weight excluding hydrogens is 204 g/mol. The molecule has 1 N–H and O–H groups in total. The predicted molar refractivity (Wildman–Crippen MR) is 67.2 cm³/mol. The Morgan fingerprint density at radius 1 is 1.13 bits per heavy atom. The smallest absolute Gasteiger partial charge is 0.0692 e. The van der Waals surface area contributed by atoms with Crippen LogP contribution in [-0.2, 0) is 6.61 Å². The van der Waals surface area contributed by atoms with Gasteiger partial charge in [0.25, 0.3) is 0 Å². The molecule has 0 atom stereocenters. The van der Waals surface area contributed by atoms with Crippen LogP contribution in [0, 0.1) is 0 Å². The second-order valence-corrected chi connectivity index (χ2v) is 4.81. The number of hydrogen-bond acceptors (Lipinski definition) is 2. The van der Waals surface area contributed by atoms with E-state index in [0.29, 0.717) is 0 Å². The van der Waals surface area contributed by atoms with Crippen LogP contribution in [0.15, 0.2) is 29.2 Å². The van der Waals surface area contributed by atoms with Gasteiger partial charge in [-0.2, -0.15) is 0 Å². The number of thioether (sulfide) groups is 1. The Morgan fingerprint density at radius 3 is 2.67 bits per heavy atom. The van der Waals surface area contributed by atoms with Gasteiger partial charge in [0.15, 0.2) is 0 Å². The van der Waals surface area contributed by atoms with Crippen LogP contribution in [-0.4, -0.2) is 10.9 Å². The predicted octanol–water partition coefficient (Wildman–Crippen LogP) is 3.85. The molecule has 0 radical (unpaired) electrons. The summed E-state index contributed by atoms with van der Waals surface area (Å²) < 4.78 is 0. The van der Waals surface area contributed by atoms with Gasteiger partial charge in [0.2, 0.25) is 0 Å². The lowest BCUT2D eigenvalue weighted by Crippen LogP contribution is -1.88. The van der Waals surface area contributed by atoms with E-state index in [2.05, 4.69) is 13.0 Å². The molecule has 0 saturated heterocycles. The molecule has 1 aromatic carbocycles. The summed E-state index contributed by atoms with van der Waals surface area (Å²) in [6, 6.07) is 8.10. The molecule has 0 spiro atoms. The van der Waals surface area contributed by atoms with Gasteiger partial charge < -0.3 is 5.11 Å². The van der Waals surface area contributed by atoms with E-state index in [-0.39, 0.29) is 6.61 Å². The summed E-state index contributed by atoms with van der Waals surface area (Å²) in [5.41, 5.74) is 1.05. The largest absolute Gasteiger partial charge is 0.392 e. The van der Waals surface area contributed by atoms with Crippen molar-refractivity contribution in [3.05, 3.63) is 29.8 Å². The fraction of sp³-hybridized carbons (Fsp3) is 0.538. The zero-order valence-electron chi connectivity index (χ0n) is 9.41. The van der Waals surface area contributed by atoms with Gasteiger partial charge in [-0.3, -0.25) is 0 Å². The average Bonchev–Trinajstić information content (AvgIpc) is 2.29. The van der Waals surface area contributed by atoms with Gasteiger partial charge in [0.05, 0.1) is 6.61 Å². The summed E-state index contributed by atoms with van der Waals surface area (Å²) >= 11 is 1.86. The zero-order chi connectivity index (χ0) is 10.9. The summed E-state index contributed by atoms with van der Waals surface area (Å²) in [6.07, 6.45) is 5.23. The van der Waals surface area contributed by atoms with Crippen molar-refractivity contribution in [2.45, 2.75) is 44.1 Å². The summed E-state index contributed by atoms with van der Waals surface area (Å²) in [5.74, 6) is 1.16. The lowest BCUT2D eigenvalue weighted by Gasteiger charge is -2.06. The molecule has 0 aliphatic heterocycles. The van der Waals surface area contributed by atoms with E-state index >= 15 is 0 Å². The number of aliphatic hydroxyl groups excluding tert-OH is 1. The molecule has 0 aliphatic carbocycles. The summed E-state index contributed by atoms with van der Waals surface area (Å²) in [5, 5.41) is 9.15. The highest BCUT2D eigenvalue weighted by Gasteiger charge is 2.00. The second kappa shape index (κ2) is 7.77. The monoisotopic (exact) mass is 224 g/mol. The van der Waals surface area contributed by atoms with Gasteiger partial charge in [0.1, 0.15) is 0 Å². The minimum Gasteiger partial charge on any atom is -0.392 e. The second-order valence-electron chi connectivity index (χ2n) is 3.67. The molecule has 0 aliphatic rings. The first-order valence-corrected chi connectivity index (χ1v) is 6.68. The Morgan fingerprint density at radius 2 is 1.93 bits per heavy atom. The number of hydrogen-bond donors (Lipinski definition) is 1. The van der Waals surface area contributed by atoms with Crippen LogP contribution in [0.25, 0.3) is 0 Å². The third-order valence-electron chi connectivity index (χ3n) is 2.40. The maximum absolute atomic E-state index is 9.15. The van der Waals surface area contributed by atoms with Gasteiger partial charge in [-0.05, 0) is 23.8 Å². The van der Waals surface area contributed by atoms with Crippen molar-refractivity contribution in [2.75, 3.05) is 5.75 Å². The first-order valence-electron chi connectivity index (χ1n) is 5.70. The van der Waals surface area contributed by atoms with E-state index in [1.165, 1.54) is 30.6 Å². The zero-order valence-corrected chi connectivity index (χ0v) is 10.2. The Hall–Kier alpha value is -0.470. The number of aliphatic hydroxyl groups is 1. The Bertz CT molecular complexity index is 273. The molecule has 0 fully saturated rings. The first kappa shape index (κ1) is 12.6. The molecule has 1 nitrogen and oxygen atoms in total. The molecule has 0 saturated carbocycles. The molecule has 0 unspecified atom stereocenters. The quantitative estimate of drug-likeness (QED) is 0.561. The Kier molecular flexibility index (Phi) is 6.53. The maximum atomic E-state index is 9.15. The van der Waals surface area contributed by atoms with E-state index < -0.39 is 0 Å². The van der Waals surface area contributed by atoms with E-state index in [1.807, 2.05) is 30.0 Å². The number of rotatable bonds is 7. The van der Waals surface area contributed by atoms with Crippen molar-refractivity contribution in [3.8, 4) is 0 Å². The van der Waals surface area contributed by atoms with E-state index in [9.17, 15) is 0 Å². The van der Waals surface area contributed by atoms with Crippen LogP contribution >= 0.6 is 11.8 Å². The minimum atomic E-state index is 0.151. The molecule has 1 rings (SSSR count). The van der Waals surface area contributed by atoms with Crippen molar-refractivity contribution < 1.29 is 5.11 Å². The molecule has 84 valence electrons. The van der Waals surface area contributed by atoms with E-state index in [1.54, 1.807) is 0 Å². The highest BCUT2D eigenvalue weighted by atomic mass is 32.2. The normalized spacial score (nSPS) is 10.5. The van der Waals surface area contributed by atoms with Crippen LogP contribution < -0.4 is 0 Å². The van der Waals surface area contributed by atoms with Crippen molar-refractivity contribution in [3.63, 3.8) is 0 Å². The maximum Gasteiger partial charge on any atom is 0.0692 e. The molecular formula is C13H20OS. The standard InChI is InChI=1S/C13H20OS/c1-2-3-4-7-10-15-13-9-6-5-8-12(13)11-14/h5-6,8-9,14H,2-4,7,10-11H2,1H3. The summed E-state index contributed by atoms with van der Waals surface area (Å²) in [7, 11) is 0. The topological polar surface area (TPSA) is 20.2 Å². The van der Waals surface area contributed by atoms with Crippen LogP contribution in [0.1, 0.15) is 38.2 Å². The van der Waals surface area contributed by atoms with Crippen molar-refractivity contribution >= 4 is 11.8 Å². The minimum absolute atomic E-state index is 0.151. The molecule has 0 aromatic heterocycles. The van der Waals surface area contributed by atoms with E-state index in [0.717, 1.165) is 11.3 Å². The lowest BCUT2D eigenvalue weighted by molar-refractivity contribution is 0.279. The molecule has 0 amide bonds.